The summed E-state index contributed by atoms with van der Waals surface area (Å²) in [5.41, 5.74) is 7.52. The molecule has 0 unspecified atom stereocenters. The largest absolute Gasteiger partial charge is 0.496 e. The van der Waals surface area contributed by atoms with E-state index in [2.05, 4.69) is 15.1 Å². The molecule has 0 aliphatic heterocycles. The standard InChI is InChI=1S/C21H20FN5O3S/c1-12-9-14(7-8-16(12)30-3)31(28,29)10-13-5-4-6-15(18(13)22)19-17-20(23)24-11-25-21(17)27(2)26-19/h4-9,11H,10H2,1-3H3,(H2,23,24,25). The molecule has 2 aromatic heterocycles. The van der Waals surface area contributed by atoms with Crippen LogP contribution in [0.4, 0.5) is 10.2 Å². The maximum atomic E-state index is 15.5. The average Bonchev–Trinajstić information content (AvgIpc) is 3.07. The number of halogens is 1. The second kappa shape index (κ2) is 7.62. The summed E-state index contributed by atoms with van der Waals surface area (Å²) in [4.78, 5) is 8.20. The first-order valence-electron chi connectivity index (χ1n) is 9.31. The molecule has 2 N–H and O–H groups in total. The first kappa shape index (κ1) is 20.7. The molecule has 0 amide bonds. The van der Waals surface area contributed by atoms with Crippen molar-refractivity contribution in [1.82, 2.24) is 19.7 Å². The lowest BCUT2D eigenvalue weighted by atomic mass is 10.1. The van der Waals surface area contributed by atoms with Crippen LogP contribution in [0.3, 0.4) is 0 Å². The number of fused-ring (bicyclic) bond motifs is 1. The van der Waals surface area contributed by atoms with Gasteiger partial charge in [0.05, 0.1) is 23.1 Å². The van der Waals surface area contributed by atoms with Crippen LogP contribution in [0.25, 0.3) is 22.3 Å². The van der Waals surface area contributed by atoms with Gasteiger partial charge in [-0.2, -0.15) is 5.10 Å². The molecule has 0 aliphatic carbocycles. The van der Waals surface area contributed by atoms with Gasteiger partial charge in [-0.3, -0.25) is 0 Å². The fourth-order valence-electron chi connectivity index (χ4n) is 3.50. The predicted octanol–water partition coefficient (Wildman–Crippen LogP) is 3.04. The summed E-state index contributed by atoms with van der Waals surface area (Å²) in [5.74, 6) is -0.442. The van der Waals surface area contributed by atoms with Crippen LogP contribution in [0.1, 0.15) is 11.1 Å². The van der Waals surface area contributed by atoms with Crippen LogP contribution in [0, 0.1) is 12.7 Å². The second-order valence-electron chi connectivity index (χ2n) is 7.10. The van der Waals surface area contributed by atoms with Gasteiger partial charge in [-0.15, -0.1) is 0 Å². The minimum Gasteiger partial charge on any atom is -0.496 e. The summed E-state index contributed by atoms with van der Waals surface area (Å²) >= 11 is 0. The maximum Gasteiger partial charge on any atom is 0.182 e. The number of methoxy groups -OCH3 is 1. The molecule has 0 spiro atoms. The fraction of sp³-hybridized carbons (Fsp3) is 0.190. The number of nitrogen functional groups attached to an aromatic ring is 1. The lowest BCUT2D eigenvalue weighted by Crippen LogP contribution is -2.08. The van der Waals surface area contributed by atoms with Crippen molar-refractivity contribution in [3.8, 4) is 17.0 Å². The van der Waals surface area contributed by atoms with E-state index in [9.17, 15) is 8.42 Å². The number of aryl methyl sites for hydroxylation is 2. The van der Waals surface area contributed by atoms with Crippen molar-refractivity contribution in [2.75, 3.05) is 12.8 Å². The fourth-order valence-corrected chi connectivity index (χ4v) is 4.94. The van der Waals surface area contributed by atoms with Gasteiger partial charge in [-0.25, -0.2) is 27.5 Å². The molecule has 0 fully saturated rings. The monoisotopic (exact) mass is 441 g/mol. The summed E-state index contributed by atoms with van der Waals surface area (Å²) in [7, 11) is -0.625. The summed E-state index contributed by atoms with van der Waals surface area (Å²) < 4.78 is 48.0. The van der Waals surface area contributed by atoms with Crippen molar-refractivity contribution in [2.24, 2.45) is 7.05 Å². The number of aromatic nitrogens is 4. The zero-order valence-corrected chi connectivity index (χ0v) is 17.9. The number of hydrogen-bond donors (Lipinski definition) is 1. The third-order valence-corrected chi connectivity index (χ3v) is 6.72. The minimum absolute atomic E-state index is 0.0280. The molecule has 4 aromatic rings. The summed E-state index contributed by atoms with van der Waals surface area (Å²) in [6.45, 7) is 1.75. The van der Waals surface area contributed by atoms with Gasteiger partial charge in [-0.1, -0.05) is 12.1 Å². The molecule has 0 aliphatic rings. The Morgan fingerprint density at radius 2 is 1.97 bits per heavy atom. The van der Waals surface area contributed by atoms with Gasteiger partial charge in [0.25, 0.3) is 0 Å². The van der Waals surface area contributed by atoms with E-state index in [1.807, 2.05) is 0 Å². The Balaban J connectivity index is 1.78. The van der Waals surface area contributed by atoms with Gasteiger partial charge in [0.15, 0.2) is 15.5 Å². The predicted molar refractivity (Wildman–Crippen MR) is 115 cm³/mol. The molecule has 160 valence electrons. The van der Waals surface area contributed by atoms with E-state index in [1.54, 1.807) is 26.1 Å². The van der Waals surface area contributed by atoms with E-state index in [0.29, 0.717) is 22.3 Å². The first-order chi connectivity index (χ1) is 14.7. The molecule has 31 heavy (non-hydrogen) atoms. The molecule has 0 atom stereocenters. The quantitative estimate of drug-likeness (QED) is 0.506. The number of sulfone groups is 1. The van der Waals surface area contributed by atoms with Crippen LogP contribution in [-0.4, -0.2) is 35.3 Å². The van der Waals surface area contributed by atoms with Crippen LogP contribution >= 0.6 is 0 Å². The molecule has 0 saturated heterocycles. The smallest absolute Gasteiger partial charge is 0.182 e. The highest BCUT2D eigenvalue weighted by Gasteiger charge is 2.23. The third-order valence-electron chi connectivity index (χ3n) is 5.05. The Bertz CT molecular complexity index is 1420. The molecule has 0 saturated carbocycles. The zero-order valence-electron chi connectivity index (χ0n) is 17.1. The van der Waals surface area contributed by atoms with Gasteiger partial charge >= 0.3 is 0 Å². The van der Waals surface area contributed by atoms with Crippen LogP contribution in [0.15, 0.2) is 47.6 Å². The van der Waals surface area contributed by atoms with Crippen molar-refractivity contribution in [1.29, 1.82) is 0 Å². The second-order valence-corrected chi connectivity index (χ2v) is 9.09. The number of nitrogens with zero attached hydrogens (tertiary/aromatic N) is 4. The molecule has 4 rings (SSSR count). The molecule has 0 bridgehead atoms. The third kappa shape index (κ3) is 3.59. The number of rotatable bonds is 5. The minimum atomic E-state index is -3.80. The van der Waals surface area contributed by atoms with Crippen LogP contribution < -0.4 is 10.5 Å². The number of ether oxygens (including phenoxy) is 1. The molecule has 0 radical (unpaired) electrons. The number of anilines is 1. The lowest BCUT2D eigenvalue weighted by molar-refractivity contribution is 0.411. The highest BCUT2D eigenvalue weighted by atomic mass is 32.2. The van der Waals surface area contributed by atoms with Crippen molar-refractivity contribution in [2.45, 2.75) is 17.6 Å². The SMILES string of the molecule is COc1ccc(S(=O)(=O)Cc2cccc(-c3nn(C)c4ncnc(N)c34)c2F)cc1C. The lowest BCUT2D eigenvalue weighted by Gasteiger charge is -2.11. The van der Waals surface area contributed by atoms with E-state index in [1.165, 1.54) is 42.4 Å². The van der Waals surface area contributed by atoms with Crippen LogP contribution in [-0.2, 0) is 22.6 Å². The van der Waals surface area contributed by atoms with Gasteiger partial charge in [0.2, 0.25) is 0 Å². The maximum absolute atomic E-state index is 15.5. The molecule has 2 aromatic carbocycles. The van der Waals surface area contributed by atoms with E-state index in [0.717, 1.165) is 0 Å². The summed E-state index contributed by atoms with van der Waals surface area (Å²) in [6, 6.07) is 9.10. The molecule has 8 nitrogen and oxygen atoms in total. The Morgan fingerprint density at radius 3 is 2.68 bits per heavy atom. The normalized spacial score (nSPS) is 11.7. The summed E-state index contributed by atoms with van der Waals surface area (Å²) in [6.07, 6.45) is 1.30. The molecular weight excluding hydrogens is 421 g/mol. The molecule has 10 heteroatoms. The van der Waals surface area contributed by atoms with E-state index in [-0.39, 0.29) is 27.5 Å². The summed E-state index contributed by atoms with van der Waals surface area (Å²) in [5, 5.41) is 4.75. The van der Waals surface area contributed by atoms with E-state index in [4.69, 9.17) is 10.5 Å². The molecular formula is C21H20FN5O3S. The Hall–Kier alpha value is -3.53. The Labute approximate surface area is 178 Å². The topological polar surface area (TPSA) is 113 Å². The van der Waals surface area contributed by atoms with E-state index >= 15 is 4.39 Å². The first-order valence-corrected chi connectivity index (χ1v) is 11.0. The van der Waals surface area contributed by atoms with Crippen molar-refractivity contribution in [3.05, 3.63) is 59.7 Å². The Morgan fingerprint density at radius 1 is 1.19 bits per heavy atom. The van der Waals surface area contributed by atoms with Crippen molar-refractivity contribution in [3.63, 3.8) is 0 Å². The highest BCUT2D eigenvalue weighted by Crippen LogP contribution is 2.33. The average molecular weight is 441 g/mol. The van der Waals surface area contributed by atoms with Gasteiger partial charge < -0.3 is 10.5 Å². The van der Waals surface area contributed by atoms with Gasteiger partial charge in [-0.05, 0) is 36.8 Å². The highest BCUT2D eigenvalue weighted by molar-refractivity contribution is 7.90. The number of hydrogen-bond acceptors (Lipinski definition) is 7. The van der Waals surface area contributed by atoms with Crippen molar-refractivity contribution < 1.29 is 17.5 Å². The number of benzene rings is 2. The van der Waals surface area contributed by atoms with Gasteiger partial charge in [0.1, 0.15) is 29.4 Å². The van der Waals surface area contributed by atoms with Crippen LogP contribution in [0.2, 0.25) is 0 Å². The van der Waals surface area contributed by atoms with E-state index < -0.39 is 21.4 Å². The van der Waals surface area contributed by atoms with Crippen LogP contribution in [0.5, 0.6) is 5.75 Å². The van der Waals surface area contributed by atoms with Crippen molar-refractivity contribution >= 4 is 26.7 Å². The Kier molecular flexibility index (Phi) is 5.10. The molecule has 2 heterocycles. The number of nitrogens with two attached hydrogens (primary N) is 1. The zero-order chi connectivity index (χ0) is 22.3. The van der Waals surface area contributed by atoms with Gasteiger partial charge in [0, 0.05) is 18.2 Å².